The molecule has 8 heteroatoms. The number of aromatic carboxylic acids is 1. The van der Waals surface area contributed by atoms with Gasteiger partial charge in [0, 0.05) is 11.8 Å². The van der Waals surface area contributed by atoms with Crippen molar-refractivity contribution in [1.29, 1.82) is 0 Å². The number of carboxylic acid groups (broad SMARTS) is 1. The van der Waals surface area contributed by atoms with Crippen molar-refractivity contribution in [2.45, 2.75) is 24.3 Å². The van der Waals surface area contributed by atoms with Crippen molar-refractivity contribution >= 4 is 29.1 Å². The second-order valence-electron chi connectivity index (χ2n) is 6.40. The number of carboxylic acids is 1. The highest BCUT2D eigenvalue weighted by molar-refractivity contribution is 7.98. The van der Waals surface area contributed by atoms with Gasteiger partial charge < -0.3 is 5.11 Å². The fourth-order valence-corrected chi connectivity index (χ4v) is 4.69. The molecule has 2 aromatic carbocycles. The number of carbonyl (C=O) groups is 1. The summed E-state index contributed by atoms with van der Waals surface area (Å²) in [7, 11) is 0. The summed E-state index contributed by atoms with van der Waals surface area (Å²) in [6.07, 6.45) is 0.670. The summed E-state index contributed by atoms with van der Waals surface area (Å²) in [5.74, 6) is 0.386. The molecule has 2 heterocycles. The van der Waals surface area contributed by atoms with E-state index in [0.717, 1.165) is 32.8 Å². The molecule has 0 spiro atoms. The van der Waals surface area contributed by atoms with Crippen LogP contribution in [0.2, 0.25) is 0 Å². The van der Waals surface area contributed by atoms with Crippen LogP contribution >= 0.6 is 23.1 Å². The molecule has 0 bridgehead atoms. The number of hydrogen-bond donors (Lipinski definition) is 1. The van der Waals surface area contributed by atoms with E-state index in [1.165, 1.54) is 23.1 Å². The molecule has 0 amide bonds. The molecule has 0 atom stereocenters. The number of benzene rings is 2. The van der Waals surface area contributed by atoms with Crippen molar-refractivity contribution in [1.82, 2.24) is 19.7 Å². The average Bonchev–Trinajstić information content (AvgIpc) is 3.35. The average molecular weight is 423 g/mol. The van der Waals surface area contributed by atoms with Crippen LogP contribution in [-0.2, 0) is 12.2 Å². The number of nitrogens with zero attached hydrogens (tertiary/aromatic N) is 4. The monoisotopic (exact) mass is 422 g/mol. The number of para-hydroxylation sites is 1. The lowest BCUT2D eigenvalue weighted by atomic mass is 10.1. The second-order valence-corrected chi connectivity index (χ2v) is 8.29. The molecular weight excluding hydrogens is 404 g/mol. The zero-order valence-electron chi connectivity index (χ0n) is 15.6. The van der Waals surface area contributed by atoms with Crippen LogP contribution < -0.4 is 0 Å². The van der Waals surface area contributed by atoms with Gasteiger partial charge in [0.25, 0.3) is 0 Å². The van der Waals surface area contributed by atoms with Gasteiger partial charge in [0.15, 0.2) is 10.9 Å². The van der Waals surface area contributed by atoms with E-state index >= 15 is 0 Å². The fraction of sp³-hybridized carbons (Fsp3) is 0.143. The first-order valence-electron chi connectivity index (χ1n) is 8.96. The number of hydrogen-bond acceptors (Lipinski definition) is 6. The molecule has 0 fully saturated rings. The van der Waals surface area contributed by atoms with E-state index in [9.17, 15) is 4.79 Å². The Morgan fingerprint density at radius 3 is 2.59 bits per heavy atom. The van der Waals surface area contributed by atoms with Gasteiger partial charge in [-0.1, -0.05) is 60.3 Å². The second kappa shape index (κ2) is 8.59. The quantitative estimate of drug-likeness (QED) is 0.438. The zero-order valence-corrected chi connectivity index (χ0v) is 17.3. The molecule has 4 rings (SSSR count). The molecule has 2 aromatic heterocycles. The molecule has 0 aliphatic heterocycles. The van der Waals surface area contributed by atoms with E-state index in [0.29, 0.717) is 12.2 Å². The molecule has 0 unspecified atom stereocenters. The third-order valence-electron chi connectivity index (χ3n) is 4.36. The summed E-state index contributed by atoms with van der Waals surface area (Å²) < 4.78 is 2.08. The highest BCUT2D eigenvalue weighted by Gasteiger charge is 2.17. The SMILES string of the molecule is Cc1ccccc1-n1c(Cc2ccccc2)nnc1SCc1nc(C(=O)O)cs1. The Labute approximate surface area is 176 Å². The van der Waals surface area contributed by atoms with Crippen molar-refractivity contribution < 1.29 is 9.90 Å². The maximum absolute atomic E-state index is 11.1. The summed E-state index contributed by atoms with van der Waals surface area (Å²) in [5.41, 5.74) is 3.41. The van der Waals surface area contributed by atoms with E-state index in [1.54, 1.807) is 5.38 Å². The smallest absolute Gasteiger partial charge is 0.355 e. The fourth-order valence-electron chi connectivity index (χ4n) is 2.94. The van der Waals surface area contributed by atoms with Crippen molar-refractivity contribution in [3.05, 3.63) is 87.6 Å². The van der Waals surface area contributed by atoms with Crippen molar-refractivity contribution in [3.63, 3.8) is 0 Å². The van der Waals surface area contributed by atoms with Gasteiger partial charge in [-0.15, -0.1) is 21.5 Å². The van der Waals surface area contributed by atoms with Crippen LogP contribution in [0.15, 0.2) is 65.1 Å². The first-order chi connectivity index (χ1) is 14.1. The third-order valence-corrected chi connectivity index (χ3v) is 6.33. The molecule has 0 radical (unpaired) electrons. The zero-order chi connectivity index (χ0) is 20.2. The molecule has 0 aliphatic carbocycles. The Kier molecular flexibility index (Phi) is 5.73. The molecule has 146 valence electrons. The van der Waals surface area contributed by atoms with Crippen LogP contribution in [0.25, 0.3) is 5.69 Å². The Balaban J connectivity index is 1.66. The Morgan fingerprint density at radius 2 is 1.86 bits per heavy atom. The third kappa shape index (κ3) is 4.38. The minimum atomic E-state index is -1.01. The number of rotatable bonds is 7. The van der Waals surface area contributed by atoms with Crippen molar-refractivity contribution in [2.24, 2.45) is 0 Å². The normalized spacial score (nSPS) is 10.9. The van der Waals surface area contributed by atoms with Crippen LogP contribution in [0.1, 0.15) is 32.4 Å². The van der Waals surface area contributed by atoms with E-state index < -0.39 is 5.97 Å². The summed E-state index contributed by atoms with van der Waals surface area (Å²) in [6.45, 7) is 2.07. The van der Waals surface area contributed by atoms with Crippen molar-refractivity contribution in [3.8, 4) is 5.69 Å². The largest absolute Gasteiger partial charge is 0.476 e. The van der Waals surface area contributed by atoms with E-state index in [2.05, 4.69) is 50.9 Å². The molecule has 0 saturated heterocycles. The topological polar surface area (TPSA) is 80.9 Å². The molecule has 1 N–H and O–H groups in total. The molecule has 0 aliphatic rings. The lowest BCUT2D eigenvalue weighted by Gasteiger charge is -2.12. The first-order valence-corrected chi connectivity index (χ1v) is 10.8. The van der Waals surface area contributed by atoms with Gasteiger partial charge in [-0.25, -0.2) is 9.78 Å². The maximum Gasteiger partial charge on any atom is 0.355 e. The number of thiazole rings is 1. The van der Waals surface area contributed by atoms with Crippen LogP contribution in [0.3, 0.4) is 0 Å². The van der Waals surface area contributed by atoms with Gasteiger partial charge in [-0.3, -0.25) is 4.57 Å². The number of thioether (sulfide) groups is 1. The summed E-state index contributed by atoms with van der Waals surface area (Å²) in [5, 5.41) is 21.0. The van der Waals surface area contributed by atoms with E-state index in [4.69, 9.17) is 5.11 Å². The predicted molar refractivity (Wildman–Crippen MR) is 114 cm³/mol. The Hall–Kier alpha value is -2.97. The van der Waals surface area contributed by atoms with Crippen LogP contribution in [0.5, 0.6) is 0 Å². The molecular formula is C21H18N4O2S2. The van der Waals surface area contributed by atoms with Crippen LogP contribution in [0, 0.1) is 6.92 Å². The number of aryl methyl sites for hydroxylation is 1. The molecule has 6 nitrogen and oxygen atoms in total. The van der Waals surface area contributed by atoms with Crippen LogP contribution in [-0.4, -0.2) is 30.8 Å². The minimum Gasteiger partial charge on any atom is -0.476 e. The van der Waals surface area contributed by atoms with E-state index in [1.807, 2.05) is 30.3 Å². The lowest BCUT2D eigenvalue weighted by Crippen LogP contribution is -2.05. The maximum atomic E-state index is 11.1. The standard InChI is InChI=1S/C21H18N4O2S2/c1-14-7-5-6-10-17(14)25-18(11-15-8-3-2-4-9-15)23-24-21(25)29-13-19-22-16(12-28-19)20(26)27/h2-10,12H,11,13H2,1H3,(H,26,27). The highest BCUT2D eigenvalue weighted by atomic mass is 32.2. The summed E-state index contributed by atoms with van der Waals surface area (Å²) in [6, 6.07) is 18.3. The minimum absolute atomic E-state index is 0.0794. The Bertz CT molecular complexity index is 1140. The summed E-state index contributed by atoms with van der Waals surface area (Å²) in [4.78, 5) is 15.2. The Morgan fingerprint density at radius 1 is 1.10 bits per heavy atom. The summed E-state index contributed by atoms with van der Waals surface area (Å²) >= 11 is 2.85. The van der Waals surface area contributed by atoms with Gasteiger partial charge in [0.1, 0.15) is 10.8 Å². The van der Waals surface area contributed by atoms with Crippen LogP contribution in [0.4, 0.5) is 0 Å². The molecule has 29 heavy (non-hydrogen) atoms. The van der Waals surface area contributed by atoms with Gasteiger partial charge >= 0.3 is 5.97 Å². The van der Waals surface area contributed by atoms with Gasteiger partial charge in [-0.05, 0) is 24.1 Å². The highest BCUT2D eigenvalue weighted by Crippen LogP contribution is 2.28. The van der Waals surface area contributed by atoms with Gasteiger partial charge in [0.2, 0.25) is 0 Å². The first kappa shape index (κ1) is 19.4. The number of aromatic nitrogens is 4. The molecule has 0 saturated carbocycles. The van der Waals surface area contributed by atoms with Gasteiger partial charge in [0.05, 0.1) is 11.4 Å². The van der Waals surface area contributed by atoms with Gasteiger partial charge in [-0.2, -0.15) is 0 Å². The van der Waals surface area contributed by atoms with E-state index in [-0.39, 0.29) is 5.69 Å². The lowest BCUT2D eigenvalue weighted by molar-refractivity contribution is 0.0691. The predicted octanol–water partition coefficient (Wildman–Crippen LogP) is 4.61. The van der Waals surface area contributed by atoms with Crippen molar-refractivity contribution in [2.75, 3.05) is 0 Å². The molecule has 4 aromatic rings.